The second kappa shape index (κ2) is 6.45. The van der Waals surface area contributed by atoms with Gasteiger partial charge in [0.1, 0.15) is 0 Å². The Labute approximate surface area is 139 Å². The fourth-order valence-electron chi connectivity index (χ4n) is 2.49. The molecule has 0 spiro atoms. The number of H-pyrrole nitrogens is 1. The van der Waals surface area contributed by atoms with Crippen LogP contribution in [0.25, 0.3) is 11.0 Å². The molecule has 1 aromatic heterocycles. The molecule has 0 saturated heterocycles. The van der Waals surface area contributed by atoms with E-state index >= 15 is 0 Å². The molecule has 1 amide bonds. The molecule has 124 valence electrons. The zero-order valence-corrected chi connectivity index (χ0v) is 13.9. The largest absolute Gasteiger partial charge is 0.348 e. The lowest BCUT2D eigenvalue weighted by molar-refractivity contribution is 0.0951. The third kappa shape index (κ3) is 3.99. The van der Waals surface area contributed by atoms with Crippen molar-refractivity contribution in [3.05, 3.63) is 65.5 Å². The van der Waals surface area contributed by atoms with Crippen LogP contribution in [-0.4, -0.2) is 30.5 Å². The van der Waals surface area contributed by atoms with Crippen LogP contribution >= 0.6 is 0 Å². The van der Waals surface area contributed by atoms with Gasteiger partial charge in [-0.25, -0.2) is 13.4 Å². The summed E-state index contributed by atoms with van der Waals surface area (Å²) in [4.78, 5) is 19.3. The highest BCUT2D eigenvalue weighted by atomic mass is 32.2. The summed E-state index contributed by atoms with van der Waals surface area (Å²) in [6.07, 6.45) is 2.78. The van der Waals surface area contributed by atoms with Gasteiger partial charge >= 0.3 is 0 Å². The predicted octanol–water partition coefficient (Wildman–Crippen LogP) is 2.04. The number of hydrogen-bond donors (Lipinski definition) is 2. The van der Waals surface area contributed by atoms with Gasteiger partial charge in [-0.05, 0) is 29.3 Å². The summed E-state index contributed by atoms with van der Waals surface area (Å²) in [6.45, 7) is 0.331. The topological polar surface area (TPSA) is 91.9 Å². The Morgan fingerprint density at radius 2 is 1.96 bits per heavy atom. The Bertz CT molecular complexity index is 993. The van der Waals surface area contributed by atoms with Gasteiger partial charge in [-0.3, -0.25) is 4.79 Å². The van der Waals surface area contributed by atoms with Crippen LogP contribution in [0.5, 0.6) is 0 Å². The van der Waals surface area contributed by atoms with Crippen LogP contribution in [0.15, 0.2) is 48.8 Å². The molecule has 0 saturated carbocycles. The SMILES string of the molecule is CS(=O)(=O)Cc1cccc(CNC(=O)c2ccc3nc[nH]c3c2)c1. The first-order valence-electron chi connectivity index (χ1n) is 7.37. The van der Waals surface area contributed by atoms with Gasteiger partial charge in [-0.2, -0.15) is 0 Å². The summed E-state index contributed by atoms with van der Waals surface area (Å²) >= 11 is 0. The fourth-order valence-corrected chi connectivity index (χ4v) is 3.28. The number of aromatic nitrogens is 2. The van der Waals surface area contributed by atoms with E-state index in [4.69, 9.17) is 0 Å². The van der Waals surface area contributed by atoms with E-state index in [2.05, 4.69) is 15.3 Å². The maximum atomic E-state index is 12.3. The lowest BCUT2D eigenvalue weighted by Crippen LogP contribution is -2.22. The quantitative estimate of drug-likeness (QED) is 0.741. The second-order valence-corrected chi connectivity index (χ2v) is 7.85. The highest BCUT2D eigenvalue weighted by molar-refractivity contribution is 7.89. The van der Waals surface area contributed by atoms with Gasteiger partial charge in [0, 0.05) is 18.4 Å². The zero-order valence-electron chi connectivity index (χ0n) is 13.1. The van der Waals surface area contributed by atoms with E-state index in [9.17, 15) is 13.2 Å². The molecule has 0 aliphatic heterocycles. The molecule has 3 rings (SSSR count). The normalized spacial score (nSPS) is 11.5. The number of fused-ring (bicyclic) bond motifs is 1. The van der Waals surface area contributed by atoms with Crippen LogP contribution in [0.1, 0.15) is 21.5 Å². The maximum absolute atomic E-state index is 12.3. The van der Waals surface area contributed by atoms with Gasteiger partial charge in [0.2, 0.25) is 0 Å². The van der Waals surface area contributed by atoms with Crippen molar-refractivity contribution in [2.45, 2.75) is 12.3 Å². The molecule has 0 radical (unpaired) electrons. The minimum Gasteiger partial charge on any atom is -0.348 e. The molecule has 1 heterocycles. The first kappa shape index (κ1) is 16.2. The molecule has 0 fully saturated rings. The molecule has 0 unspecified atom stereocenters. The van der Waals surface area contributed by atoms with Gasteiger partial charge in [0.25, 0.3) is 5.91 Å². The molecular weight excluding hydrogens is 326 g/mol. The number of carbonyl (C=O) groups is 1. The number of rotatable bonds is 5. The Balaban J connectivity index is 1.68. The highest BCUT2D eigenvalue weighted by Crippen LogP contribution is 2.12. The number of amides is 1. The molecule has 0 aliphatic carbocycles. The summed E-state index contributed by atoms with van der Waals surface area (Å²) < 4.78 is 22.7. The molecule has 3 aromatic rings. The highest BCUT2D eigenvalue weighted by Gasteiger charge is 2.08. The third-order valence-electron chi connectivity index (χ3n) is 3.56. The Morgan fingerprint density at radius 3 is 2.75 bits per heavy atom. The van der Waals surface area contributed by atoms with Crippen molar-refractivity contribution >= 4 is 26.8 Å². The monoisotopic (exact) mass is 343 g/mol. The van der Waals surface area contributed by atoms with Crippen molar-refractivity contribution in [2.24, 2.45) is 0 Å². The minimum atomic E-state index is -3.08. The molecule has 7 heteroatoms. The molecule has 2 N–H and O–H groups in total. The second-order valence-electron chi connectivity index (χ2n) is 5.71. The van der Waals surface area contributed by atoms with Crippen molar-refractivity contribution in [1.82, 2.24) is 15.3 Å². The number of nitrogens with one attached hydrogen (secondary N) is 2. The van der Waals surface area contributed by atoms with Gasteiger partial charge in [0.05, 0.1) is 23.1 Å². The van der Waals surface area contributed by atoms with E-state index in [0.717, 1.165) is 16.6 Å². The van der Waals surface area contributed by atoms with Crippen molar-refractivity contribution in [1.29, 1.82) is 0 Å². The molecule has 0 aliphatic rings. The van der Waals surface area contributed by atoms with Gasteiger partial charge < -0.3 is 10.3 Å². The summed E-state index contributed by atoms with van der Waals surface area (Å²) in [7, 11) is -3.08. The summed E-state index contributed by atoms with van der Waals surface area (Å²) in [5.74, 6) is -0.203. The fraction of sp³-hybridized carbons (Fsp3) is 0.176. The number of hydrogen-bond acceptors (Lipinski definition) is 4. The van der Waals surface area contributed by atoms with Crippen molar-refractivity contribution < 1.29 is 13.2 Å². The average Bonchev–Trinajstić information content (AvgIpc) is 2.99. The van der Waals surface area contributed by atoms with E-state index < -0.39 is 9.84 Å². The average molecular weight is 343 g/mol. The molecule has 0 bridgehead atoms. The van der Waals surface area contributed by atoms with Crippen LogP contribution in [0.2, 0.25) is 0 Å². The predicted molar refractivity (Wildman–Crippen MR) is 92.3 cm³/mol. The molecule has 24 heavy (non-hydrogen) atoms. The van der Waals surface area contributed by atoms with Gasteiger partial charge in [-0.1, -0.05) is 24.3 Å². The van der Waals surface area contributed by atoms with E-state index in [1.165, 1.54) is 6.26 Å². The van der Waals surface area contributed by atoms with Crippen molar-refractivity contribution in [3.8, 4) is 0 Å². The molecule has 2 aromatic carbocycles. The van der Waals surface area contributed by atoms with Crippen LogP contribution < -0.4 is 5.32 Å². The van der Waals surface area contributed by atoms with Gasteiger partial charge in [0.15, 0.2) is 9.84 Å². The van der Waals surface area contributed by atoms with Crippen molar-refractivity contribution in [2.75, 3.05) is 6.26 Å². The van der Waals surface area contributed by atoms with Crippen LogP contribution in [-0.2, 0) is 22.1 Å². The van der Waals surface area contributed by atoms with Gasteiger partial charge in [-0.15, -0.1) is 0 Å². The summed E-state index contributed by atoms with van der Waals surface area (Å²) in [6, 6.07) is 12.4. The van der Waals surface area contributed by atoms with Crippen LogP contribution in [0.3, 0.4) is 0 Å². The van der Waals surface area contributed by atoms with Crippen LogP contribution in [0, 0.1) is 0 Å². The summed E-state index contributed by atoms with van der Waals surface area (Å²) in [5, 5.41) is 2.84. The minimum absolute atomic E-state index is 0.00865. The number of benzene rings is 2. The molecule has 0 atom stereocenters. The molecular formula is C17H17N3O3S. The smallest absolute Gasteiger partial charge is 0.251 e. The Kier molecular flexibility index (Phi) is 4.35. The lowest BCUT2D eigenvalue weighted by Gasteiger charge is -2.07. The zero-order chi connectivity index (χ0) is 17.2. The molecule has 6 nitrogen and oxygen atoms in total. The van der Waals surface area contributed by atoms with E-state index in [0.29, 0.717) is 17.7 Å². The summed E-state index contributed by atoms with van der Waals surface area (Å²) in [5.41, 5.74) is 3.71. The Hall–Kier alpha value is -2.67. The maximum Gasteiger partial charge on any atom is 0.251 e. The van der Waals surface area contributed by atoms with E-state index in [-0.39, 0.29) is 11.7 Å². The number of sulfone groups is 1. The Morgan fingerprint density at radius 1 is 1.17 bits per heavy atom. The van der Waals surface area contributed by atoms with Crippen molar-refractivity contribution in [3.63, 3.8) is 0 Å². The number of imidazole rings is 1. The number of carbonyl (C=O) groups excluding carboxylic acids is 1. The first-order chi connectivity index (χ1) is 11.4. The van der Waals surface area contributed by atoms with Crippen LogP contribution in [0.4, 0.5) is 0 Å². The standard InChI is InChI=1S/C17H17N3O3S/c1-24(22,23)10-13-4-2-3-12(7-13)9-18-17(21)14-5-6-15-16(8-14)20-11-19-15/h2-8,11H,9-10H2,1H3,(H,18,21)(H,19,20). The number of nitrogens with zero attached hydrogens (tertiary/aromatic N) is 1. The third-order valence-corrected chi connectivity index (χ3v) is 4.41. The number of aromatic amines is 1. The van der Waals surface area contributed by atoms with E-state index in [1.54, 1.807) is 42.7 Å². The van der Waals surface area contributed by atoms with E-state index in [1.807, 2.05) is 6.07 Å². The first-order valence-corrected chi connectivity index (χ1v) is 9.44. The lowest BCUT2D eigenvalue weighted by atomic mass is 10.1.